The lowest BCUT2D eigenvalue weighted by molar-refractivity contribution is 1.53. The molecule has 1 aromatic rings. The Hall–Kier alpha value is 0.160. The van der Waals surface area contributed by atoms with Gasteiger partial charge in [-0.25, -0.2) is 0 Å². The van der Waals surface area contributed by atoms with E-state index < -0.39 is 0 Å². The van der Waals surface area contributed by atoms with E-state index >= 15 is 0 Å². The molecular formula is C4H4IN2S. The summed E-state index contributed by atoms with van der Waals surface area (Å²) in [6.07, 6.45) is 0. The maximum atomic E-state index is 5.39. The maximum absolute atomic E-state index is 5.39. The zero-order valence-electron chi connectivity index (χ0n) is 4.02. The molecule has 2 N–H and O–H groups in total. The molecule has 4 heteroatoms. The van der Waals surface area contributed by atoms with Crippen molar-refractivity contribution in [3.63, 3.8) is 0 Å². The van der Waals surface area contributed by atoms with Crippen LogP contribution in [0.15, 0.2) is 0 Å². The first-order valence-corrected chi connectivity index (χ1v) is 3.79. The van der Waals surface area contributed by atoms with Gasteiger partial charge in [0.25, 0.3) is 0 Å². The minimum absolute atomic E-state index is 0.598. The molecule has 2 nitrogen and oxygen atoms in total. The van der Waals surface area contributed by atoms with E-state index in [9.17, 15) is 0 Å². The molecule has 0 amide bonds. The monoisotopic (exact) mass is 239 g/mol. The molecule has 0 unspecified atom stereocenters. The van der Waals surface area contributed by atoms with Gasteiger partial charge in [-0.1, -0.05) is 0 Å². The number of hydrogen-bond donors (Lipinski definition) is 1. The van der Waals surface area contributed by atoms with E-state index in [0.717, 1.165) is 8.45 Å². The number of halogens is 1. The van der Waals surface area contributed by atoms with Crippen LogP contribution in [0.5, 0.6) is 0 Å². The molecule has 0 bridgehead atoms. The van der Waals surface area contributed by atoms with Crippen LogP contribution in [0, 0.1) is 10.5 Å². The topological polar surface area (TPSA) is 38.9 Å². The van der Waals surface area contributed by atoms with Crippen molar-refractivity contribution in [2.45, 2.75) is 0 Å². The van der Waals surface area contributed by atoms with Crippen LogP contribution >= 0.6 is 34.1 Å². The summed E-state index contributed by atoms with van der Waals surface area (Å²) < 4.78 is 4.84. The van der Waals surface area contributed by atoms with Gasteiger partial charge in [0.15, 0.2) is 5.82 Å². The number of anilines is 1. The van der Waals surface area contributed by atoms with Crippen LogP contribution in [-0.4, -0.2) is 4.37 Å². The lowest BCUT2D eigenvalue weighted by Crippen LogP contribution is -1.85. The summed E-state index contributed by atoms with van der Waals surface area (Å²) in [5.41, 5.74) is 5.39. The molecule has 0 fully saturated rings. The van der Waals surface area contributed by atoms with Crippen LogP contribution in [-0.2, 0) is 0 Å². The summed E-state index contributed by atoms with van der Waals surface area (Å²) in [4.78, 5) is 0.947. The van der Waals surface area contributed by atoms with E-state index in [1.807, 2.05) is 0 Å². The maximum Gasteiger partial charge on any atom is 0.150 e. The Balaban J connectivity index is 3.19. The predicted octanol–water partition coefficient (Wildman–Crippen LogP) is 1.51. The third kappa shape index (κ3) is 0.947. The quantitative estimate of drug-likeness (QED) is 0.697. The molecule has 0 aliphatic carbocycles. The van der Waals surface area contributed by atoms with E-state index in [0.29, 0.717) is 5.82 Å². The second-order valence-corrected chi connectivity index (χ2v) is 3.24. The standard InChI is InChI=1S/C4H4IN2S/c1-2-3(5)4(6)7-8-2/h1H2,(H2,6,7). The van der Waals surface area contributed by atoms with E-state index in [1.165, 1.54) is 11.5 Å². The summed E-state index contributed by atoms with van der Waals surface area (Å²) in [7, 11) is 0. The highest BCUT2D eigenvalue weighted by molar-refractivity contribution is 14.1. The molecule has 1 radical (unpaired) electrons. The van der Waals surface area contributed by atoms with Crippen LogP contribution in [0.4, 0.5) is 5.82 Å². The van der Waals surface area contributed by atoms with Crippen molar-refractivity contribution in [3.05, 3.63) is 15.4 Å². The fraction of sp³-hybridized carbons (Fsp3) is 0. The summed E-state index contributed by atoms with van der Waals surface area (Å²) in [5.74, 6) is 0.598. The van der Waals surface area contributed by atoms with Crippen molar-refractivity contribution >= 4 is 39.9 Å². The number of aromatic nitrogens is 1. The SMILES string of the molecule is [CH2]c1snc(N)c1I. The molecule has 0 spiro atoms. The molecule has 8 heavy (non-hydrogen) atoms. The smallest absolute Gasteiger partial charge is 0.150 e. The molecule has 0 atom stereocenters. The van der Waals surface area contributed by atoms with Crippen molar-refractivity contribution in [2.75, 3.05) is 5.73 Å². The highest BCUT2D eigenvalue weighted by atomic mass is 127. The minimum Gasteiger partial charge on any atom is -0.382 e. The highest BCUT2D eigenvalue weighted by Crippen LogP contribution is 2.20. The van der Waals surface area contributed by atoms with Crippen LogP contribution in [0.2, 0.25) is 0 Å². The molecule has 0 aliphatic rings. The lowest BCUT2D eigenvalue weighted by Gasteiger charge is -1.81. The van der Waals surface area contributed by atoms with Crippen molar-refractivity contribution in [1.82, 2.24) is 4.37 Å². The first-order chi connectivity index (χ1) is 3.72. The number of nitrogens with two attached hydrogens (primary N) is 1. The number of nitrogens with zero attached hydrogens (tertiary/aromatic N) is 1. The summed E-state index contributed by atoms with van der Waals surface area (Å²) in [6.45, 7) is 3.71. The highest BCUT2D eigenvalue weighted by Gasteiger charge is 2.00. The third-order valence-corrected chi connectivity index (χ3v) is 3.01. The van der Waals surface area contributed by atoms with Gasteiger partial charge in [-0.05, 0) is 41.0 Å². The zero-order chi connectivity index (χ0) is 6.15. The van der Waals surface area contributed by atoms with Crippen LogP contribution < -0.4 is 5.73 Å². The summed E-state index contributed by atoms with van der Waals surface area (Å²) in [6, 6.07) is 0. The van der Waals surface area contributed by atoms with Crippen molar-refractivity contribution < 1.29 is 0 Å². The number of rotatable bonds is 0. The molecule has 0 aliphatic heterocycles. The normalized spacial score (nSPS) is 9.75. The van der Waals surface area contributed by atoms with Gasteiger partial charge in [0, 0.05) is 4.88 Å². The fourth-order valence-corrected chi connectivity index (χ4v) is 1.39. The van der Waals surface area contributed by atoms with E-state index in [2.05, 4.69) is 33.9 Å². The largest absolute Gasteiger partial charge is 0.382 e. The third-order valence-electron chi connectivity index (χ3n) is 0.724. The summed E-state index contributed by atoms with van der Waals surface area (Å²) >= 11 is 3.46. The Bertz CT molecular complexity index is 176. The van der Waals surface area contributed by atoms with Gasteiger partial charge in [-0.2, -0.15) is 4.37 Å². The van der Waals surface area contributed by atoms with E-state index in [1.54, 1.807) is 0 Å². The molecular weight excluding hydrogens is 235 g/mol. The molecule has 0 saturated heterocycles. The molecule has 0 saturated carbocycles. The Morgan fingerprint density at radius 3 is 2.50 bits per heavy atom. The Morgan fingerprint density at radius 2 is 2.38 bits per heavy atom. The second-order valence-electron chi connectivity index (χ2n) is 1.30. The summed E-state index contributed by atoms with van der Waals surface area (Å²) in [5, 5.41) is 0. The van der Waals surface area contributed by atoms with E-state index in [-0.39, 0.29) is 0 Å². The molecule has 1 aromatic heterocycles. The average molecular weight is 239 g/mol. The van der Waals surface area contributed by atoms with E-state index in [4.69, 9.17) is 5.73 Å². The molecule has 0 aromatic carbocycles. The van der Waals surface area contributed by atoms with Gasteiger partial charge in [0.1, 0.15) is 0 Å². The van der Waals surface area contributed by atoms with Crippen molar-refractivity contribution in [1.29, 1.82) is 0 Å². The van der Waals surface area contributed by atoms with Crippen LogP contribution in [0.1, 0.15) is 4.88 Å². The molecule has 1 heterocycles. The zero-order valence-corrected chi connectivity index (χ0v) is 6.99. The number of nitrogen functional groups attached to an aromatic ring is 1. The number of hydrogen-bond acceptors (Lipinski definition) is 3. The average Bonchev–Trinajstić information content (AvgIpc) is 1.98. The predicted molar refractivity (Wildman–Crippen MR) is 43.7 cm³/mol. The Labute approximate surface area is 65.4 Å². The first-order valence-electron chi connectivity index (χ1n) is 1.94. The second kappa shape index (κ2) is 2.18. The fourth-order valence-electron chi connectivity index (χ4n) is 0.327. The molecule has 1 rings (SSSR count). The first kappa shape index (κ1) is 6.28. The minimum atomic E-state index is 0.598. The molecule has 43 valence electrons. The van der Waals surface area contributed by atoms with Gasteiger partial charge in [0.05, 0.1) is 3.57 Å². The van der Waals surface area contributed by atoms with Crippen molar-refractivity contribution in [2.24, 2.45) is 0 Å². The van der Waals surface area contributed by atoms with Gasteiger partial charge in [-0.3, -0.25) is 0 Å². The Morgan fingerprint density at radius 1 is 1.75 bits per heavy atom. The van der Waals surface area contributed by atoms with Crippen LogP contribution in [0.25, 0.3) is 0 Å². The lowest BCUT2D eigenvalue weighted by atomic mass is 10.5. The van der Waals surface area contributed by atoms with Gasteiger partial charge >= 0.3 is 0 Å². The van der Waals surface area contributed by atoms with Gasteiger partial charge < -0.3 is 5.73 Å². The van der Waals surface area contributed by atoms with Gasteiger partial charge in [0.2, 0.25) is 0 Å². The van der Waals surface area contributed by atoms with Gasteiger partial charge in [-0.15, -0.1) is 0 Å². The van der Waals surface area contributed by atoms with Crippen LogP contribution in [0.3, 0.4) is 0 Å². The van der Waals surface area contributed by atoms with Crippen molar-refractivity contribution in [3.8, 4) is 0 Å². The Kier molecular flexibility index (Phi) is 1.71.